The Labute approximate surface area is 146 Å². The molecule has 128 valence electrons. The molecule has 1 atom stereocenters. The molecular weight excluding hydrogens is 294 g/mol. The Kier molecular flexibility index (Phi) is 9.35. The summed E-state index contributed by atoms with van der Waals surface area (Å²) < 4.78 is 0. The van der Waals surface area contributed by atoms with Crippen LogP contribution < -0.4 is 11.5 Å². The maximum absolute atomic E-state index is 5.89. The number of allylic oxidation sites excluding steroid dienone is 1. The topological polar surface area (TPSA) is 64.9 Å². The van der Waals surface area contributed by atoms with E-state index in [4.69, 9.17) is 11.5 Å². The van der Waals surface area contributed by atoms with E-state index in [0.717, 1.165) is 23.3 Å². The Bertz CT molecular complexity index is 615. The summed E-state index contributed by atoms with van der Waals surface area (Å²) in [4.78, 5) is 4.57. The van der Waals surface area contributed by atoms with Gasteiger partial charge in [-0.05, 0) is 30.2 Å². The van der Waals surface area contributed by atoms with E-state index in [1.54, 1.807) is 0 Å². The molecule has 0 saturated carbocycles. The summed E-state index contributed by atoms with van der Waals surface area (Å²) in [5.41, 5.74) is 15.9. The fourth-order valence-corrected chi connectivity index (χ4v) is 2.49. The zero-order valence-corrected chi connectivity index (χ0v) is 14.8. The van der Waals surface area contributed by atoms with Crippen molar-refractivity contribution in [3.8, 4) is 11.1 Å². The summed E-state index contributed by atoms with van der Waals surface area (Å²) in [6.07, 6.45) is 6.52. The van der Waals surface area contributed by atoms with E-state index in [2.05, 4.69) is 35.8 Å². The van der Waals surface area contributed by atoms with Crippen molar-refractivity contribution in [2.45, 2.75) is 20.3 Å². The minimum absolute atomic E-state index is 0.205. The van der Waals surface area contributed by atoms with Crippen LogP contribution in [-0.2, 0) is 6.42 Å². The first kappa shape index (κ1) is 19.8. The maximum atomic E-state index is 5.89. The second kappa shape index (κ2) is 11.3. The summed E-state index contributed by atoms with van der Waals surface area (Å²) in [7, 11) is 0. The van der Waals surface area contributed by atoms with Crippen LogP contribution in [0.4, 0.5) is 0 Å². The van der Waals surface area contributed by atoms with E-state index >= 15 is 0 Å². The monoisotopic (exact) mass is 323 g/mol. The maximum Gasteiger partial charge on any atom is 0.0410 e. The van der Waals surface area contributed by atoms with E-state index in [1.165, 1.54) is 5.56 Å². The molecule has 3 heteroatoms. The molecule has 3 nitrogen and oxygen atoms in total. The Morgan fingerprint density at radius 1 is 1.08 bits per heavy atom. The second-order valence-electron chi connectivity index (χ2n) is 5.18. The van der Waals surface area contributed by atoms with Crippen molar-refractivity contribution in [1.29, 1.82) is 0 Å². The van der Waals surface area contributed by atoms with Crippen molar-refractivity contribution in [1.82, 2.24) is 4.98 Å². The molecule has 0 spiro atoms. The third-order valence-corrected chi connectivity index (χ3v) is 3.73. The molecule has 1 unspecified atom stereocenters. The first-order valence-electron chi connectivity index (χ1n) is 8.51. The van der Waals surface area contributed by atoms with Gasteiger partial charge >= 0.3 is 0 Å². The van der Waals surface area contributed by atoms with Gasteiger partial charge in [-0.2, -0.15) is 0 Å². The summed E-state index contributed by atoms with van der Waals surface area (Å²) in [5.74, 6) is 0.205. The number of nitrogens with zero attached hydrogens (tertiary/aromatic N) is 1. The number of aromatic nitrogens is 1. The molecule has 24 heavy (non-hydrogen) atoms. The van der Waals surface area contributed by atoms with E-state index < -0.39 is 0 Å². The van der Waals surface area contributed by atoms with Crippen LogP contribution >= 0.6 is 0 Å². The van der Waals surface area contributed by atoms with Crippen molar-refractivity contribution in [2.75, 3.05) is 13.1 Å². The molecule has 2 aromatic rings. The molecule has 0 saturated heterocycles. The second-order valence-corrected chi connectivity index (χ2v) is 5.18. The molecule has 0 aliphatic carbocycles. The SMILES string of the molecule is C=C/C(=C\CN)C(CN)Cc1ccc(-c2ccccc2)cn1.CC. The molecule has 0 fully saturated rings. The van der Waals surface area contributed by atoms with Crippen LogP contribution in [0.5, 0.6) is 0 Å². The molecule has 1 aromatic heterocycles. The average molecular weight is 323 g/mol. The minimum atomic E-state index is 0.205. The Hall–Kier alpha value is -2.23. The highest BCUT2D eigenvalue weighted by molar-refractivity contribution is 5.62. The summed E-state index contributed by atoms with van der Waals surface area (Å²) in [6.45, 7) is 8.90. The van der Waals surface area contributed by atoms with Gasteiger partial charge in [0.2, 0.25) is 0 Å². The summed E-state index contributed by atoms with van der Waals surface area (Å²) in [6, 6.07) is 14.4. The zero-order chi connectivity index (χ0) is 17.8. The molecule has 1 heterocycles. The van der Waals surface area contributed by atoms with Gasteiger partial charge in [-0.3, -0.25) is 4.98 Å². The minimum Gasteiger partial charge on any atom is -0.330 e. The van der Waals surface area contributed by atoms with Gasteiger partial charge in [-0.1, -0.05) is 69.0 Å². The highest BCUT2D eigenvalue weighted by Crippen LogP contribution is 2.20. The van der Waals surface area contributed by atoms with Crippen molar-refractivity contribution < 1.29 is 0 Å². The fourth-order valence-electron chi connectivity index (χ4n) is 2.49. The Balaban J connectivity index is 0.00000139. The lowest BCUT2D eigenvalue weighted by atomic mass is 9.93. The Morgan fingerprint density at radius 3 is 2.29 bits per heavy atom. The van der Waals surface area contributed by atoms with Crippen LogP contribution in [0.15, 0.2) is 73.0 Å². The predicted octanol–water partition coefficient (Wildman–Crippen LogP) is 3.96. The van der Waals surface area contributed by atoms with Crippen LogP contribution in [0.1, 0.15) is 19.5 Å². The average Bonchev–Trinajstić information content (AvgIpc) is 2.67. The smallest absolute Gasteiger partial charge is 0.0410 e. The predicted molar refractivity (Wildman–Crippen MR) is 105 cm³/mol. The normalized spacial score (nSPS) is 12.1. The van der Waals surface area contributed by atoms with Crippen LogP contribution in [0.2, 0.25) is 0 Å². The number of pyridine rings is 1. The molecular formula is C21H29N3. The first-order chi connectivity index (χ1) is 11.8. The Morgan fingerprint density at radius 2 is 1.79 bits per heavy atom. The van der Waals surface area contributed by atoms with Gasteiger partial charge in [0.25, 0.3) is 0 Å². The number of rotatable bonds is 7. The van der Waals surface area contributed by atoms with E-state index in [1.807, 2.05) is 50.4 Å². The van der Waals surface area contributed by atoms with Crippen molar-refractivity contribution in [3.05, 3.63) is 78.7 Å². The lowest BCUT2D eigenvalue weighted by molar-refractivity contribution is 0.623. The van der Waals surface area contributed by atoms with Gasteiger partial charge in [-0.25, -0.2) is 0 Å². The number of hydrogen-bond acceptors (Lipinski definition) is 3. The molecule has 0 amide bonds. The third-order valence-electron chi connectivity index (χ3n) is 3.73. The van der Waals surface area contributed by atoms with Gasteiger partial charge in [-0.15, -0.1) is 0 Å². The molecule has 0 bridgehead atoms. The number of nitrogens with two attached hydrogens (primary N) is 2. The molecule has 2 rings (SSSR count). The third kappa shape index (κ3) is 5.76. The fraction of sp³-hybridized carbons (Fsp3) is 0.286. The molecule has 0 aliphatic heterocycles. The highest BCUT2D eigenvalue weighted by Gasteiger charge is 2.12. The highest BCUT2D eigenvalue weighted by atomic mass is 14.7. The lowest BCUT2D eigenvalue weighted by Crippen LogP contribution is -2.19. The molecule has 0 radical (unpaired) electrons. The summed E-state index contributed by atoms with van der Waals surface area (Å²) >= 11 is 0. The largest absolute Gasteiger partial charge is 0.330 e. The number of hydrogen-bond donors (Lipinski definition) is 2. The zero-order valence-electron chi connectivity index (χ0n) is 14.8. The van der Waals surface area contributed by atoms with Crippen molar-refractivity contribution >= 4 is 0 Å². The van der Waals surface area contributed by atoms with Gasteiger partial charge in [0.1, 0.15) is 0 Å². The van der Waals surface area contributed by atoms with E-state index in [0.29, 0.717) is 13.1 Å². The van der Waals surface area contributed by atoms with Gasteiger partial charge < -0.3 is 11.5 Å². The molecule has 0 aliphatic rings. The molecule has 1 aromatic carbocycles. The van der Waals surface area contributed by atoms with Gasteiger partial charge in [0.05, 0.1) is 0 Å². The number of benzene rings is 1. The van der Waals surface area contributed by atoms with Crippen molar-refractivity contribution in [3.63, 3.8) is 0 Å². The van der Waals surface area contributed by atoms with Crippen LogP contribution in [0.3, 0.4) is 0 Å². The first-order valence-corrected chi connectivity index (χ1v) is 8.51. The lowest BCUT2D eigenvalue weighted by Gasteiger charge is -2.16. The van der Waals surface area contributed by atoms with Gasteiger partial charge in [0.15, 0.2) is 0 Å². The van der Waals surface area contributed by atoms with Crippen LogP contribution in [0.25, 0.3) is 11.1 Å². The van der Waals surface area contributed by atoms with Crippen LogP contribution in [0, 0.1) is 5.92 Å². The summed E-state index contributed by atoms with van der Waals surface area (Å²) in [5, 5.41) is 0. The quantitative estimate of drug-likeness (QED) is 0.758. The van der Waals surface area contributed by atoms with Crippen molar-refractivity contribution in [2.24, 2.45) is 17.4 Å². The van der Waals surface area contributed by atoms with Crippen LogP contribution in [-0.4, -0.2) is 18.1 Å². The van der Waals surface area contributed by atoms with E-state index in [-0.39, 0.29) is 5.92 Å². The van der Waals surface area contributed by atoms with E-state index in [9.17, 15) is 0 Å². The molecule has 4 N–H and O–H groups in total. The standard InChI is InChI=1S/C19H23N3.C2H6/c1-2-15(10-11-20)18(13-21)12-19-9-8-17(14-22-19)16-6-4-3-5-7-16;1-2/h2-10,14,18H,1,11-13,20-21H2;1-2H3/b15-10+;. The van der Waals surface area contributed by atoms with Gasteiger partial charge in [0, 0.05) is 29.9 Å².